The Morgan fingerprint density at radius 3 is 2.74 bits per heavy atom. The van der Waals surface area contributed by atoms with Gasteiger partial charge in [0.2, 0.25) is 0 Å². The highest BCUT2D eigenvalue weighted by Gasteiger charge is 2.21. The molecule has 0 saturated carbocycles. The van der Waals surface area contributed by atoms with Crippen LogP contribution in [0.25, 0.3) is 33.1 Å². The minimum atomic E-state index is -0.190. The van der Waals surface area contributed by atoms with Crippen molar-refractivity contribution >= 4 is 39.1 Å². The molecule has 0 amide bonds. The molecule has 1 N–H and O–H groups in total. The Hall–Kier alpha value is -2.37. The van der Waals surface area contributed by atoms with Crippen LogP contribution in [-0.2, 0) is 6.54 Å². The van der Waals surface area contributed by atoms with Gasteiger partial charge >= 0.3 is 0 Å². The van der Waals surface area contributed by atoms with E-state index in [9.17, 15) is 0 Å². The highest BCUT2D eigenvalue weighted by atomic mass is 35.5. The van der Waals surface area contributed by atoms with Gasteiger partial charge in [0.1, 0.15) is 5.82 Å². The van der Waals surface area contributed by atoms with Crippen LogP contribution in [-0.4, -0.2) is 35.7 Å². The molecule has 0 unspecified atom stereocenters. The Bertz CT molecular complexity index is 1130. The zero-order valence-corrected chi connectivity index (χ0v) is 15.9. The first-order valence-corrected chi connectivity index (χ1v) is 9.70. The van der Waals surface area contributed by atoms with E-state index in [2.05, 4.69) is 27.9 Å². The van der Waals surface area contributed by atoms with Crippen molar-refractivity contribution in [1.29, 1.82) is 0 Å². The standard InChI is InChI=1S/C21H20ClFN4/c1-2-26-12-16-14-4-3-13(22)9-18(14)25-21(16)15-10-17(23)20(11-19(15)26)27-7-5-24-6-8-27/h3-4,9-12,24H,2,5-8H2,1H3. The number of benzene rings is 2. The zero-order chi connectivity index (χ0) is 18.5. The second-order valence-corrected chi connectivity index (χ2v) is 7.44. The number of piperazine rings is 1. The number of aromatic nitrogens is 2. The number of pyridine rings is 1. The van der Waals surface area contributed by atoms with Crippen molar-refractivity contribution in [2.24, 2.45) is 0 Å². The van der Waals surface area contributed by atoms with Crippen molar-refractivity contribution in [3.05, 3.63) is 47.4 Å². The SMILES string of the molecule is CCn1cc2c3ccc(Cl)cc3nc-2c2cc(F)c(N3CCNCC3)cc21. The molecule has 0 atom stereocenters. The fourth-order valence-corrected chi connectivity index (χ4v) is 4.25. The minimum absolute atomic E-state index is 0.190. The molecular formula is C21H20ClFN4. The summed E-state index contributed by atoms with van der Waals surface area (Å²) in [4.78, 5) is 6.89. The van der Waals surface area contributed by atoms with Gasteiger partial charge in [-0.2, -0.15) is 0 Å². The summed E-state index contributed by atoms with van der Waals surface area (Å²) in [5, 5.41) is 5.87. The van der Waals surface area contributed by atoms with Crippen molar-refractivity contribution in [1.82, 2.24) is 14.9 Å². The van der Waals surface area contributed by atoms with Gasteiger partial charge in [-0.05, 0) is 31.2 Å². The van der Waals surface area contributed by atoms with E-state index in [1.807, 2.05) is 24.3 Å². The third kappa shape index (κ3) is 2.65. The number of fused-ring (bicyclic) bond motifs is 5. The molecule has 0 radical (unpaired) electrons. The first kappa shape index (κ1) is 16.8. The highest BCUT2D eigenvalue weighted by molar-refractivity contribution is 6.31. The van der Waals surface area contributed by atoms with Gasteiger partial charge in [0.25, 0.3) is 0 Å². The zero-order valence-electron chi connectivity index (χ0n) is 15.1. The number of nitrogens with one attached hydrogen (secondary N) is 1. The van der Waals surface area contributed by atoms with Crippen LogP contribution < -0.4 is 10.2 Å². The molecule has 0 bridgehead atoms. The van der Waals surface area contributed by atoms with Gasteiger partial charge in [-0.3, -0.25) is 0 Å². The monoisotopic (exact) mass is 382 g/mol. The summed E-state index contributed by atoms with van der Waals surface area (Å²) < 4.78 is 17.2. The molecule has 2 aromatic rings. The lowest BCUT2D eigenvalue weighted by Gasteiger charge is -2.30. The summed E-state index contributed by atoms with van der Waals surface area (Å²) in [5.74, 6) is -0.190. The summed E-state index contributed by atoms with van der Waals surface area (Å²) in [5.41, 5.74) is 4.39. The number of hydrogen-bond acceptors (Lipinski definition) is 3. The van der Waals surface area contributed by atoms with Crippen molar-refractivity contribution in [3.63, 3.8) is 0 Å². The predicted molar refractivity (Wildman–Crippen MR) is 110 cm³/mol. The topological polar surface area (TPSA) is 33.1 Å². The summed E-state index contributed by atoms with van der Waals surface area (Å²) in [7, 11) is 0. The number of nitrogens with zero attached hydrogens (tertiary/aromatic N) is 3. The number of halogens is 2. The molecule has 6 heteroatoms. The molecule has 4 nitrogen and oxygen atoms in total. The van der Waals surface area contributed by atoms with Crippen LogP contribution >= 0.6 is 11.6 Å². The molecule has 2 aromatic carbocycles. The van der Waals surface area contributed by atoms with E-state index in [1.165, 1.54) is 0 Å². The lowest BCUT2D eigenvalue weighted by Crippen LogP contribution is -2.43. The van der Waals surface area contributed by atoms with Crippen molar-refractivity contribution in [2.45, 2.75) is 13.5 Å². The second kappa shape index (κ2) is 6.36. The maximum Gasteiger partial charge on any atom is 0.147 e. The van der Waals surface area contributed by atoms with E-state index >= 15 is 4.39 Å². The van der Waals surface area contributed by atoms with Gasteiger partial charge in [0.15, 0.2) is 0 Å². The smallest absolute Gasteiger partial charge is 0.147 e. The van der Waals surface area contributed by atoms with Gasteiger partial charge in [-0.15, -0.1) is 0 Å². The van der Waals surface area contributed by atoms with E-state index in [-0.39, 0.29) is 5.82 Å². The maximum atomic E-state index is 15.1. The molecule has 0 spiro atoms. The molecule has 5 rings (SSSR count). The fraction of sp³-hybridized carbons (Fsp3) is 0.286. The van der Waals surface area contributed by atoms with Gasteiger partial charge in [-0.25, -0.2) is 9.37 Å². The van der Waals surface area contributed by atoms with Crippen LogP contribution in [0, 0.1) is 5.82 Å². The molecule has 0 aromatic heterocycles. The van der Waals surface area contributed by atoms with E-state index in [0.29, 0.717) is 10.7 Å². The Labute approximate surface area is 161 Å². The van der Waals surface area contributed by atoms with Crippen molar-refractivity contribution in [2.75, 3.05) is 31.1 Å². The second-order valence-electron chi connectivity index (χ2n) is 7.01. The Morgan fingerprint density at radius 2 is 1.96 bits per heavy atom. The van der Waals surface area contributed by atoms with Gasteiger partial charge < -0.3 is 14.8 Å². The molecular weight excluding hydrogens is 363 g/mol. The number of rotatable bonds is 2. The third-order valence-electron chi connectivity index (χ3n) is 5.45. The normalized spacial score (nSPS) is 15.3. The first-order valence-electron chi connectivity index (χ1n) is 9.32. The molecule has 0 aliphatic carbocycles. The Morgan fingerprint density at radius 1 is 1.15 bits per heavy atom. The molecule has 1 saturated heterocycles. The summed E-state index contributed by atoms with van der Waals surface area (Å²) in [6.07, 6.45) is 2.13. The van der Waals surface area contributed by atoms with Crippen molar-refractivity contribution in [3.8, 4) is 11.3 Å². The van der Waals surface area contributed by atoms with Crippen LogP contribution in [0.4, 0.5) is 10.1 Å². The van der Waals surface area contributed by atoms with Crippen LogP contribution in [0.5, 0.6) is 0 Å². The van der Waals surface area contributed by atoms with Gasteiger partial charge in [0, 0.05) is 60.3 Å². The number of anilines is 1. The van der Waals surface area contributed by atoms with Crippen LogP contribution in [0.1, 0.15) is 6.92 Å². The summed E-state index contributed by atoms with van der Waals surface area (Å²) >= 11 is 6.14. The average Bonchev–Trinajstić information content (AvgIpc) is 3.05. The molecule has 27 heavy (non-hydrogen) atoms. The van der Waals surface area contributed by atoms with E-state index < -0.39 is 0 Å². The summed E-state index contributed by atoms with van der Waals surface area (Å²) in [6.45, 7) is 6.29. The van der Waals surface area contributed by atoms with E-state index in [4.69, 9.17) is 16.6 Å². The van der Waals surface area contributed by atoms with Gasteiger partial charge in [0.05, 0.1) is 22.4 Å². The van der Waals surface area contributed by atoms with Gasteiger partial charge in [-0.1, -0.05) is 17.7 Å². The van der Waals surface area contributed by atoms with E-state index in [1.54, 1.807) is 6.07 Å². The summed E-state index contributed by atoms with van der Waals surface area (Å²) in [6, 6.07) is 9.36. The van der Waals surface area contributed by atoms with Crippen LogP contribution in [0.15, 0.2) is 36.5 Å². The minimum Gasteiger partial charge on any atom is -0.367 e. The third-order valence-corrected chi connectivity index (χ3v) is 5.69. The number of aryl methyl sites for hydroxylation is 1. The predicted octanol–water partition coefficient (Wildman–Crippen LogP) is 4.52. The molecule has 3 aliphatic heterocycles. The largest absolute Gasteiger partial charge is 0.367 e. The molecule has 138 valence electrons. The Kier molecular flexibility index (Phi) is 3.95. The lowest BCUT2D eigenvalue weighted by atomic mass is 10.0. The van der Waals surface area contributed by atoms with Crippen molar-refractivity contribution < 1.29 is 4.39 Å². The molecule has 1 fully saturated rings. The average molecular weight is 383 g/mol. The fourth-order valence-electron chi connectivity index (χ4n) is 4.08. The molecule has 3 heterocycles. The lowest BCUT2D eigenvalue weighted by molar-refractivity contribution is 0.567. The Balaban J connectivity index is 1.80. The van der Waals surface area contributed by atoms with Crippen LogP contribution in [0.3, 0.4) is 0 Å². The highest BCUT2D eigenvalue weighted by Crippen LogP contribution is 2.39. The van der Waals surface area contributed by atoms with E-state index in [0.717, 1.165) is 65.8 Å². The number of hydrogen-bond donors (Lipinski definition) is 1. The molecule has 3 aliphatic rings. The first-order chi connectivity index (χ1) is 13.2. The quantitative estimate of drug-likeness (QED) is 0.553. The van der Waals surface area contributed by atoms with Crippen LogP contribution in [0.2, 0.25) is 5.02 Å². The maximum absolute atomic E-state index is 15.1.